The molecule has 0 bridgehead atoms. The van der Waals surface area contributed by atoms with Gasteiger partial charge in [0.05, 0.1) is 17.8 Å². The van der Waals surface area contributed by atoms with E-state index in [9.17, 15) is 13.2 Å². The van der Waals surface area contributed by atoms with Crippen LogP contribution in [0.4, 0.5) is 0 Å². The fourth-order valence-corrected chi connectivity index (χ4v) is 2.55. The molecule has 0 aliphatic rings. The van der Waals surface area contributed by atoms with Crippen molar-refractivity contribution in [3.05, 3.63) is 0 Å². The second-order valence-electron chi connectivity index (χ2n) is 4.97. The molecule has 0 saturated carbocycles. The standard InChI is InChI=1S/C10H21NO5S/c1-9(2,8(12)13)10(3,4)11-17(14,15)7-6-16-5/h11H,6-7H2,1-5H3,(H,12,13). The molecule has 0 fully saturated rings. The number of rotatable bonds is 7. The summed E-state index contributed by atoms with van der Waals surface area (Å²) in [5.74, 6) is -1.25. The third kappa shape index (κ3) is 4.25. The van der Waals surface area contributed by atoms with Crippen LogP contribution >= 0.6 is 0 Å². The van der Waals surface area contributed by atoms with Crippen LogP contribution in [0, 0.1) is 5.41 Å². The lowest BCUT2D eigenvalue weighted by atomic mass is 9.75. The van der Waals surface area contributed by atoms with E-state index >= 15 is 0 Å². The highest BCUT2D eigenvalue weighted by atomic mass is 32.2. The molecule has 0 amide bonds. The second kappa shape index (κ2) is 5.32. The van der Waals surface area contributed by atoms with Gasteiger partial charge in [0.15, 0.2) is 0 Å². The van der Waals surface area contributed by atoms with Crippen LogP contribution < -0.4 is 4.72 Å². The SMILES string of the molecule is COCCS(=O)(=O)NC(C)(C)C(C)(C)C(=O)O. The first-order chi connectivity index (χ1) is 7.46. The van der Waals surface area contributed by atoms with E-state index in [0.29, 0.717) is 0 Å². The molecule has 0 radical (unpaired) electrons. The Morgan fingerprint density at radius 3 is 2.12 bits per heavy atom. The van der Waals surface area contributed by atoms with E-state index in [1.165, 1.54) is 21.0 Å². The lowest BCUT2D eigenvalue weighted by molar-refractivity contribution is -0.150. The molecule has 0 heterocycles. The van der Waals surface area contributed by atoms with Crippen LogP contribution in [0.5, 0.6) is 0 Å². The largest absolute Gasteiger partial charge is 0.481 e. The van der Waals surface area contributed by atoms with Crippen LogP contribution in [0.25, 0.3) is 0 Å². The van der Waals surface area contributed by atoms with Crippen molar-refractivity contribution in [2.75, 3.05) is 19.5 Å². The highest BCUT2D eigenvalue weighted by molar-refractivity contribution is 7.89. The average molecular weight is 267 g/mol. The minimum Gasteiger partial charge on any atom is -0.481 e. The Bertz CT molecular complexity index is 372. The number of carboxylic acids is 1. The van der Waals surface area contributed by atoms with Crippen molar-refractivity contribution in [3.63, 3.8) is 0 Å². The number of ether oxygens (including phenoxy) is 1. The topological polar surface area (TPSA) is 92.7 Å². The van der Waals surface area contributed by atoms with Gasteiger partial charge in [-0.25, -0.2) is 13.1 Å². The number of hydrogen-bond donors (Lipinski definition) is 2. The van der Waals surface area contributed by atoms with Crippen LogP contribution in [0.2, 0.25) is 0 Å². The second-order valence-corrected chi connectivity index (χ2v) is 6.81. The molecule has 0 rings (SSSR count). The summed E-state index contributed by atoms with van der Waals surface area (Å²) >= 11 is 0. The molecule has 0 aromatic heterocycles. The number of hydrogen-bond acceptors (Lipinski definition) is 4. The summed E-state index contributed by atoms with van der Waals surface area (Å²) in [4.78, 5) is 11.1. The van der Waals surface area contributed by atoms with Crippen molar-refractivity contribution in [2.45, 2.75) is 33.2 Å². The van der Waals surface area contributed by atoms with Gasteiger partial charge < -0.3 is 9.84 Å². The summed E-state index contributed by atoms with van der Waals surface area (Å²) in [6.45, 7) is 6.12. The molecule has 0 atom stereocenters. The Morgan fingerprint density at radius 2 is 1.76 bits per heavy atom. The summed E-state index contributed by atoms with van der Waals surface area (Å²) in [5.41, 5.74) is -2.31. The lowest BCUT2D eigenvalue weighted by Crippen LogP contribution is -2.57. The van der Waals surface area contributed by atoms with E-state index in [0.717, 1.165) is 0 Å². The Hall–Kier alpha value is -0.660. The normalized spacial score (nSPS) is 13.7. The molecule has 0 unspecified atom stereocenters. The Balaban J connectivity index is 4.93. The summed E-state index contributed by atoms with van der Waals surface area (Å²) in [6.07, 6.45) is 0. The highest BCUT2D eigenvalue weighted by Crippen LogP contribution is 2.31. The smallest absolute Gasteiger partial charge is 0.310 e. The van der Waals surface area contributed by atoms with Crippen LogP contribution in [0.15, 0.2) is 0 Å². The first-order valence-electron chi connectivity index (χ1n) is 5.20. The van der Waals surface area contributed by atoms with Gasteiger partial charge in [0, 0.05) is 12.6 Å². The molecule has 17 heavy (non-hydrogen) atoms. The van der Waals surface area contributed by atoms with Crippen LogP contribution in [-0.2, 0) is 19.6 Å². The van der Waals surface area contributed by atoms with Crippen molar-refractivity contribution in [1.29, 1.82) is 0 Å². The quantitative estimate of drug-likeness (QED) is 0.698. The van der Waals surface area contributed by atoms with Gasteiger partial charge in [-0.2, -0.15) is 0 Å². The van der Waals surface area contributed by atoms with Crippen molar-refractivity contribution < 1.29 is 23.1 Å². The highest BCUT2D eigenvalue weighted by Gasteiger charge is 2.45. The van der Waals surface area contributed by atoms with Gasteiger partial charge in [-0.1, -0.05) is 0 Å². The van der Waals surface area contributed by atoms with Gasteiger partial charge in [0.1, 0.15) is 0 Å². The van der Waals surface area contributed by atoms with Crippen LogP contribution in [0.1, 0.15) is 27.7 Å². The number of methoxy groups -OCH3 is 1. The van der Waals surface area contributed by atoms with E-state index in [2.05, 4.69) is 9.46 Å². The molecule has 0 aliphatic heterocycles. The summed E-state index contributed by atoms with van der Waals surface area (Å²) in [7, 11) is -2.15. The van der Waals surface area contributed by atoms with Gasteiger partial charge >= 0.3 is 5.97 Å². The van der Waals surface area contributed by atoms with Gasteiger partial charge in [-0.3, -0.25) is 4.79 Å². The van der Waals surface area contributed by atoms with E-state index < -0.39 is 26.9 Å². The molecule has 0 aliphatic carbocycles. The van der Waals surface area contributed by atoms with Gasteiger partial charge in [-0.15, -0.1) is 0 Å². The number of carboxylic acid groups (broad SMARTS) is 1. The zero-order valence-electron chi connectivity index (χ0n) is 10.9. The Morgan fingerprint density at radius 1 is 1.29 bits per heavy atom. The fourth-order valence-electron chi connectivity index (χ4n) is 1.03. The predicted molar refractivity (Wildman–Crippen MR) is 64.3 cm³/mol. The van der Waals surface area contributed by atoms with Crippen molar-refractivity contribution in [1.82, 2.24) is 4.72 Å². The summed E-state index contributed by atoms with van der Waals surface area (Å²) < 4.78 is 30.5. The molecule has 0 aromatic carbocycles. The van der Waals surface area contributed by atoms with E-state index in [4.69, 9.17) is 5.11 Å². The predicted octanol–water partition coefficient (Wildman–Crippen LogP) is 0.442. The molecule has 7 heteroatoms. The molecule has 2 N–H and O–H groups in total. The van der Waals surface area contributed by atoms with Gasteiger partial charge in [0.25, 0.3) is 0 Å². The van der Waals surface area contributed by atoms with Crippen LogP contribution in [0.3, 0.4) is 0 Å². The molecule has 0 saturated heterocycles. The molecular formula is C10H21NO5S. The van der Waals surface area contributed by atoms with E-state index in [1.54, 1.807) is 13.8 Å². The summed E-state index contributed by atoms with van der Waals surface area (Å²) in [6, 6.07) is 0. The van der Waals surface area contributed by atoms with Crippen molar-refractivity contribution in [3.8, 4) is 0 Å². The molecule has 0 spiro atoms. The van der Waals surface area contributed by atoms with Crippen LogP contribution in [-0.4, -0.2) is 44.5 Å². The average Bonchev–Trinajstić information content (AvgIpc) is 2.12. The molecule has 102 valence electrons. The number of sulfonamides is 1. The van der Waals surface area contributed by atoms with E-state index in [1.807, 2.05) is 0 Å². The first kappa shape index (κ1) is 16.3. The maximum Gasteiger partial charge on any atom is 0.310 e. The minimum atomic E-state index is -3.56. The lowest BCUT2D eigenvalue weighted by Gasteiger charge is -2.38. The van der Waals surface area contributed by atoms with E-state index in [-0.39, 0.29) is 12.4 Å². The monoisotopic (exact) mass is 267 g/mol. The Labute approximate surface area is 102 Å². The first-order valence-corrected chi connectivity index (χ1v) is 6.85. The maximum absolute atomic E-state index is 11.7. The van der Waals surface area contributed by atoms with Crippen molar-refractivity contribution in [2.24, 2.45) is 5.41 Å². The zero-order chi connectivity index (χ0) is 13.9. The summed E-state index contributed by atoms with van der Waals surface area (Å²) in [5, 5.41) is 9.09. The molecule has 6 nitrogen and oxygen atoms in total. The zero-order valence-corrected chi connectivity index (χ0v) is 11.7. The third-order valence-corrected chi connectivity index (χ3v) is 4.59. The Kier molecular flexibility index (Phi) is 5.12. The third-order valence-electron chi connectivity index (χ3n) is 3.06. The number of aliphatic carboxylic acids is 1. The number of carbonyl (C=O) groups is 1. The maximum atomic E-state index is 11.7. The van der Waals surface area contributed by atoms with Gasteiger partial charge in [-0.05, 0) is 27.7 Å². The molecular weight excluding hydrogens is 246 g/mol. The minimum absolute atomic E-state index is 0.0684. The molecule has 0 aromatic rings. The number of nitrogens with one attached hydrogen (secondary N) is 1. The van der Waals surface area contributed by atoms with Crippen molar-refractivity contribution >= 4 is 16.0 Å². The van der Waals surface area contributed by atoms with Gasteiger partial charge in [0.2, 0.25) is 10.0 Å². The fraction of sp³-hybridized carbons (Fsp3) is 0.900.